The number of fused-ring (bicyclic) bond motifs is 10. The van der Waals surface area contributed by atoms with Gasteiger partial charge in [-0.25, -0.2) is 0 Å². The van der Waals surface area contributed by atoms with Crippen LogP contribution in [0, 0.1) is 23.7 Å². The van der Waals surface area contributed by atoms with Crippen molar-refractivity contribution in [2.45, 2.75) is 37.3 Å². The second-order valence-electron chi connectivity index (χ2n) is 5.24. The quantitative estimate of drug-likeness (QED) is 0.495. The van der Waals surface area contributed by atoms with Crippen LogP contribution in [0.4, 0.5) is 0 Å². The Morgan fingerprint density at radius 2 is 1.67 bits per heavy atom. The summed E-state index contributed by atoms with van der Waals surface area (Å²) < 4.78 is 11.3. The highest BCUT2D eigenvalue weighted by atomic mass is 16.6. The Kier molecular flexibility index (Phi) is 0.644. The van der Waals surface area contributed by atoms with E-state index in [2.05, 4.69) is 0 Å². The van der Waals surface area contributed by atoms with Crippen molar-refractivity contribution >= 4 is 0 Å². The van der Waals surface area contributed by atoms with Gasteiger partial charge in [-0.05, 0) is 36.5 Å². The minimum atomic E-state index is 0.676. The Morgan fingerprint density at radius 1 is 0.750 bits per heavy atom. The molecule has 2 bridgehead atoms. The summed E-state index contributed by atoms with van der Waals surface area (Å²) in [7, 11) is 0. The molecule has 0 spiro atoms. The van der Waals surface area contributed by atoms with Gasteiger partial charge in [-0.1, -0.05) is 0 Å². The van der Waals surface area contributed by atoms with Crippen LogP contribution < -0.4 is 0 Å². The SMILES string of the molecule is C1C2OC2C2C1C1CC2[C@@H]2OC12. The van der Waals surface area contributed by atoms with Crippen molar-refractivity contribution in [2.24, 2.45) is 23.7 Å². The molecule has 2 heteroatoms. The van der Waals surface area contributed by atoms with Gasteiger partial charge >= 0.3 is 0 Å². The van der Waals surface area contributed by atoms with Gasteiger partial charge in [0.25, 0.3) is 0 Å². The summed E-state index contributed by atoms with van der Waals surface area (Å²) in [4.78, 5) is 0. The van der Waals surface area contributed by atoms with Gasteiger partial charge in [-0.15, -0.1) is 0 Å². The molecule has 2 nitrogen and oxygen atoms in total. The fourth-order valence-corrected chi connectivity index (χ4v) is 4.58. The second kappa shape index (κ2) is 1.38. The van der Waals surface area contributed by atoms with Crippen LogP contribution in [-0.4, -0.2) is 24.4 Å². The highest BCUT2D eigenvalue weighted by Crippen LogP contribution is 2.69. The molecule has 0 radical (unpaired) electrons. The maximum Gasteiger partial charge on any atom is 0.0876 e. The number of rotatable bonds is 0. The lowest BCUT2D eigenvalue weighted by Crippen LogP contribution is -2.27. The third-order valence-electron chi connectivity index (χ3n) is 4.99. The lowest BCUT2D eigenvalue weighted by molar-refractivity contribution is 0.162. The van der Waals surface area contributed by atoms with Crippen molar-refractivity contribution in [1.29, 1.82) is 0 Å². The summed E-state index contributed by atoms with van der Waals surface area (Å²) in [6.45, 7) is 0. The van der Waals surface area contributed by atoms with Gasteiger partial charge < -0.3 is 9.47 Å². The van der Waals surface area contributed by atoms with Gasteiger partial charge in [0.05, 0.1) is 24.4 Å². The Balaban J connectivity index is 1.66. The van der Waals surface area contributed by atoms with Crippen LogP contribution >= 0.6 is 0 Å². The molecule has 2 heterocycles. The van der Waals surface area contributed by atoms with E-state index in [9.17, 15) is 0 Å². The highest BCUT2D eigenvalue weighted by Gasteiger charge is 2.74. The molecule has 7 unspecified atom stereocenters. The smallest absolute Gasteiger partial charge is 0.0876 e. The predicted molar refractivity (Wildman–Crippen MR) is 40.5 cm³/mol. The molecule has 0 amide bonds. The van der Waals surface area contributed by atoms with E-state index in [0.29, 0.717) is 24.4 Å². The number of ether oxygens (including phenoxy) is 2. The average molecular weight is 164 g/mol. The van der Waals surface area contributed by atoms with E-state index in [1.54, 1.807) is 0 Å². The van der Waals surface area contributed by atoms with Crippen LogP contribution in [0.2, 0.25) is 0 Å². The molecule has 0 aromatic rings. The molecule has 2 saturated heterocycles. The first-order valence-electron chi connectivity index (χ1n) is 5.24. The van der Waals surface area contributed by atoms with Crippen LogP contribution in [0.1, 0.15) is 12.8 Å². The number of hydrogen-bond acceptors (Lipinski definition) is 2. The van der Waals surface area contributed by atoms with Crippen molar-refractivity contribution in [3.05, 3.63) is 0 Å². The van der Waals surface area contributed by atoms with Crippen LogP contribution in [0.3, 0.4) is 0 Å². The topological polar surface area (TPSA) is 25.1 Å². The van der Waals surface area contributed by atoms with Gasteiger partial charge in [0.15, 0.2) is 0 Å². The third kappa shape index (κ3) is 0.409. The van der Waals surface area contributed by atoms with Crippen molar-refractivity contribution in [1.82, 2.24) is 0 Å². The molecule has 5 fully saturated rings. The zero-order valence-corrected chi connectivity index (χ0v) is 6.85. The van der Waals surface area contributed by atoms with E-state index < -0.39 is 0 Å². The van der Waals surface area contributed by atoms with Gasteiger partial charge in [-0.3, -0.25) is 0 Å². The normalized spacial score (nSPS) is 80.0. The summed E-state index contributed by atoms with van der Waals surface area (Å²) in [5.41, 5.74) is 0. The van der Waals surface area contributed by atoms with Crippen LogP contribution in [0.5, 0.6) is 0 Å². The molecule has 3 aliphatic carbocycles. The Bertz CT molecular complexity index is 273. The Morgan fingerprint density at radius 3 is 2.67 bits per heavy atom. The largest absolute Gasteiger partial charge is 0.369 e. The van der Waals surface area contributed by atoms with E-state index in [0.717, 1.165) is 23.7 Å². The van der Waals surface area contributed by atoms with Gasteiger partial charge in [0.2, 0.25) is 0 Å². The van der Waals surface area contributed by atoms with E-state index in [1.165, 1.54) is 12.8 Å². The lowest BCUT2D eigenvalue weighted by atomic mass is 9.81. The van der Waals surface area contributed by atoms with Crippen molar-refractivity contribution in [3.63, 3.8) is 0 Å². The second-order valence-corrected chi connectivity index (χ2v) is 5.24. The fourth-order valence-electron chi connectivity index (χ4n) is 4.58. The molecule has 0 N–H and O–H groups in total. The standard InChI is InChI=1S/C10H12O2/c1-4-3-2-6-10(11-6)7(3)5(1)9-8(4)12-9/h3-10H,1-2H2/t3?,4?,5?,6?,7?,8?,9-,10?/m0/s1. The van der Waals surface area contributed by atoms with Gasteiger partial charge in [0.1, 0.15) is 0 Å². The molecular weight excluding hydrogens is 152 g/mol. The molecular formula is C10H12O2. The molecule has 0 aromatic heterocycles. The highest BCUT2D eigenvalue weighted by molar-refractivity contribution is 5.21. The third-order valence-corrected chi connectivity index (χ3v) is 4.99. The summed E-state index contributed by atoms with van der Waals surface area (Å²) >= 11 is 0. The number of hydrogen-bond donors (Lipinski definition) is 0. The molecule has 8 atom stereocenters. The number of epoxide rings is 2. The first kappa shape index (κ1) is 5.61. The maximum absolute atomic E-state index is 5.69. The van der Waals surface area contributed by atoms with E-state index >= 15 is 0 Å². The first-order chi connectivity index (χ1) is 5.93. The van der Waals surface area contributed by atoms with Crippen molar-refractivity contribution in [3.8, 4) is 0 Å². The van der Waals surface area contributed by atoms with E-state index in [4.69, 9.17) is 9.47 Å². The van der Waals surface area contributed by atoms with Crippen molar-refractivity contribution in [2.75, 3.05) is 0 Å². The monoisotopic (exact) mass is 164 g/mol. The zero-order chi connectivity index (χ0) is 7.45. The molecule has 2 aliphatic heterocycles. The molecule has 5 rings (SSSR count). The molecule has 5 aliphatic rings. The lowest BCUT2D eigenvalue weighted by Gasteiger charge is -2.22. The Labute approximate surface area is 71.2 Å². The minimum absolute atomic E-state index is 0.676. The van der Waals surface area contributed by atoms with Gasteiger partial charge in [-0.2, -0.15) is 0 Å². The maximum atomic E-state index is 5.69. The Hall–Kier alpha value is -0.0800. The summed E-state index contributed by atoms with van der Waals surface area (Å²) in [5, 5.41) is 0. The summed E-state index contributed by atoms with van der Waals surface area (Å²) in [5.74, 6) is 3.77. The summed E-state index contributed by atoms with van der Waals surface area (Å²) in [6, 6.07) is 0. The minimum Gasteiger partial charge on any atom is -0.369 e. The van der Waals surface area contributed by atoms with Crippen LogP contribution in [0.15, 0.2) is 0 Å². The molecule has 12 heavy (non-hydrogen) atoms. The van der Waals surface area contributed by atoms with Gasteiger partial charge in [0, 0.05) is 0 Å². The first-order valence-corrected chi connectivity index (χ1v) is 5.24. The van der Waals surface area contributed by atoms with Crippen molar-refractivity contribution < 1.29 is 9.47 Å². The van der Waals surface area contributed by atoms with Crippen LogP contribution in [-0.2, 0) is 9.47 Å². The summed E-state index contributed by atoms with van der Waals surface area (Å²) in [6.07, 6.45) is 5.58. The van der Waals surface area contributed by atoms with E-state index in [-0.39, 0.29) is 0 Å². The predicted octanol–water partition coefficient (Wildman–Crippen LogP) is 0.807. The molecule has 0 aromatic carbocycles. The average Bonchev–Trinajstić information content (AvgIpc) is 2.92. The molecule has 3 saturated carbocycles. The molecule has 64 valence electrons. The zero-order valence-electron chi connectivity index (χ0n) is 6.85. The van der Waals surface area contributed by atoms with E-state index in [1.807, 2.05) is 0 Å². The van der Waals surface area contributed by atoms with Crippen LogP contribution in [0.25, 0.3) is 0 Å². The fraction of sp³-hybridized carbons (Fsp3) is 1.00.